The second-order valence-electron chi connectivity index (χ2n) is 11.4. The number of carbonyl (C=O) groups is 3. The van der Waals surface area contributed by atoms with E-state index in [1.165, 1.54) is 22.0 Å². The first-order chi connectivity index (χ1) is 22.0. The lowest BCUT2D eigenvalue weighted by Crippen LogP contribution is -2.76. The van der Waals surface area contributed by atoms with Gasteiger partial charge in [0.25, 0.3) is 0 Å². The predicted octanol–water partition coefficient (Wildman–Crippen LogP) is 1.79. The van der Waals surface area contributed by atoms with E-state index in [0.717, 1.165) is 22.0 Å². The quantitative estimate of drug-likeness (QED) is 0.209. The van der Waals surface area contributed by atoms with Crippen molar-refractivity contribution < 1.29 is 33.6 Å². The van der Waals surface area contributed by atoms with Crippen LogP contribution < -0.4 is 9.84 Å². The maximum absolute atomic E-state index is 14.3. The molecule has 14 nitrogen and oxygen atoms in total. The fourth-order valence-electron chi connectivity index (χ4n) is 6.20. The number of nitrogens with one attached hydrogen (secondary N) is 1. The second-order valence-corrected chi connectivity index (χ2v) is 12.6. The van der Waals surface area contributed by atoms with Gasteiger partial charge in [-0.2, -0.15) is 19.8 Å². The molecule has 2 aliphatic heterocycles. The van der Waals surface area contributed by atoms with Gasteiger partial charge in [-0.3, -0.25) is 18.8 Å². The summed E-state index contributed by atoms with van der Waals surface area (Å²) in [5, 5.41) is 11.3. The molecule has 2 saturated heterocycles. The number of benzene rings is 3. The number of fused-ring (bicyclic) bond motifs is 2. The predicted molar refractivity (Wildman–Crippen MR) is 168 cm³/mol. The van der Waals surface area contributed by atoms with Crippen LogP contribution in [-0.4, -0.2) is 94.5 Å². The average Bonchev–Trinajstić information content (AvgIpc) is 3.40. The normalized spacial score (nSPS) is 19.0. The number of para-hydroxylation sites is 1. The number of carbonyl (C=O) groups excluding carboxylic acids is 3. The summed E-state index contributed by atoms with van der Waals surface area (Å²) in [6.07, 6.45) is 1.09. The van der Waals surface area contributed by atoms with Gasteiger partial charge in [-0.05, 0) is 28.8 Å². The van der Waals surface area contributed by atoms with Crippen molar-refractivity contribution in [3.63, 3.8) is 0 Å². The Morgan fingerprint density at radius 2 is 1.72 bits per heavy atom. The van der Waals surface area contributed by atoms with Gasteiger partial charge in [-0.1, -0.05) is 60.7 Å². The Bertz CT molecular complexity index is 1750. The van der Waals surface area contributed by atoms with E-state index >= 15 is 0 Å². The van der Waals surface area contributed by atoms with Gasteiger partial charge < -0.3 is 15.1 Å². The van der Waals surface area contributed by atoms with Gasteiger partial charge in [0.2, 0.25) is 11.8 Å². The number of hydrogen-bond donors (Lipinski definition) is 4. The van der Waals surface area contributed by atoms with E-state index in [1.807, 2.05) is 55.6 Å². The molecule has 46 heavy (non-hydrogen) atoms. The molecule has 0 unspecified atom stereocenters. The zero-order chi connectivity index (χ0) is 32.6. The van der Waals surface area contributed by atoms with E-state index in [4.69, 9.17) is 4.52 Å². The molecule has 15 heteroatoms. The molecular weight excluding hydrogens is 613 g/mol. The Labute approximate surface area is 265 Å². The zero-order valence-electron chi connectivity index (χ0n) is 25.3. The lowest BCUT2D eigenvalue weighted by atomic mass is 9.98. The molecule has 2 atom stereocenters. The minimum absolute atomic E-state index is 0.0280. The molecule has 2 fully saturated rings. The van der Waals surface area contributed by atoms with E-state index < -0.39 is 26.4 Å². The number of nitrogens with zero attached hydrogens (tertiary/aromatic N) is 6. The number of aromatic nitrogens is 2. The largest absolute Gasteiger partial charge is 0.613 e. The first kappa shape index (κ1) is 31.4. The SMILES string of the molecule is CN1CC(=O)N2[C@@H](Cc3ccc(O[P+](O)(O)O)cc3)C(=O)N(Cc3cccc4cnn(C)c34)C[C@@H]2N1C(=O)NCc1ccccc1. The van der Waals surface area contributed by atoms with Crippen molar-refractivity contribution in [2.75, 3.05) is 20.1 Å². The molecule has 4 N–H and O–H groups in total. The van der Waals surface area contributed by atoms with Crippen LogP contribution in [0.15, 0.2) is 79.0 Å². The molecule has 3 heterocycles. The monoisotopic (exact) mass is 648 g/mol. The second kappa shape index (κ2) is 12.7. The third-order valence-electron chi connectivity index (χ3n) is 8.22. The molecule has 6 rings (SSSR count). The lowest BCUT2D eigenvalue weighted by molar-refractivity contribution is -0.187. The summed E-state index contributed by atoms with van der Waals surface area (Å²) in [6.45, 7) is 0.499. The van der Waals surface area contributed by atoms with E-state index in [1.54, 1.807) is 40.0 Å². The average molecular weight is 649 g/mol. The third kappa shape index (κ3) is 6.52. The van der Waals surface area contributed by atoms with Gasteiger partial charge in [-0.25, -0.2) is 14.8 Å². The van der Waals surface area contributed by atoms with E-state index in [0.29, 0.717) is 5.56 Å². The highest BCUT2D eigenvalue weighted by Gasteiger charge is 2.50. The van der Waals surface area contributed by atoms with Crippen LogP contribution in [0.5, 0.6) is 5.75 Å². The molecule has 3 aromatic carbocycles. The van der Waals surface area contributed by atoms with Crippen molar-refractivity contribution >= 4 is 36.9 Å². The Morgan fingerprint density at radius 3 is 2.43 bits per heavy atom. The molecule has 240 valence electrons. The summed E-state index contributed by atoms with van der Waals surface area (Å²) in [7, 11) is -0.985. The maximum atomic E-state index is 14.3. The molecule has 4 aromatic rings. The Morgan fingerprint density at radius 1 is 0.978 bits per heavy atom. The van der Waals surface area contributed by atoms with Crippen LogP contribution in [0, 0.1) is 0 Å². The van der Waals surface area contributed by atoms with Crippen molar-refractivity contribution in [1.29, 1.82) is 0 Å². The van der Waals surface area contributed by atoms with Gasteiger partial charge in [0, 0.05) is 39.0 Å². The summed E-state index contributed by atoms with van der Waals surface area (Å²) in [6, 6.07) is 20.1. The molecule has 1 aromatic heterocycles. The summed E-state index contributed by atoms with van der Waals surface area (Å²) in [4.78, 5) is 72.6. The van der Waals surface area contributed by atoms with Gasteiger partial charge in [-0.15, -0.1) is 0 Å². The van der Waals surface area contributed by atoms with Gasteiger partial charge in [0.1, 0.15) is 12.2 Å². The molecule has 2 aliphatic rings. The highest BCUT2D eigenvalue weighted by molar-refractivity contribution is 7.53. The molecule has 0 saturated carbocycles. The van der Waals surface area contributed by atoms with Crippen LogP contribution in [0.3, 0.4) is 0 Å². The van der Waals surface area contributed by atoms with Crippen LogP contribution in [0.2, 0.25) is 0 Å². The molecule has 0 bridgehead atoms. The maximum Gasteiger partial charge on any atom is 0.613 e. The number of hydrazine groups is 1. The van der Waals surface area contributed by atoms with Crippen LogP contribution >= 0.6 is 8.17 Å². The van der Waals surface area contributed by atoms with Crippen LogP contribution in [0.25, 0.3) is 10.9 Å². The first-order valence-corrected chi connectivity index (χ1v) is 16.2. The smallest absolute Gasteiger partial charge is 0.333 e. The molecule has 4 amide bonds. The molecule has 0 aliphatic carbocycles. The fraction of sp³-hybridized carbons (Fsp3) is 0.290. The van der Waals surface area contributed by atoms with E-state index in [-0.39, 0.29) is 50.2 Å². The van der Waals surface area contributed by atoms with Crippen molar-refractivity contribution in [3.8, 4) is 5.75 Å². The summed E-state index contributed by atoms with van der Waals surface area (Å²) >= 11 is 0. The summed E-state index contributed by atoms with van der Waals surface area (Å²) in [5.74, 6) is -0.536. The number of amides is 4. The summed E-state index contributed by atoms with van der Waals surface area (Å²) in [5.41, 5.74) is 3.33. The Hall–Kier alpha value is -4.59. The highest BCUT2D eigenvalue weighted by Crippen LogP contribution is 2.46. The Kier molecular flexibility index (Phi) is 8.64. The van der Waals surface area contributed by atoms with E-state index in [2.05, 4.69) is 10.4 Å². The topological polar surface area (TPSA) is 164 Å². The van der Waals surface area contributed by atoms with Gasteiger partial charge in [0.05, 0.1) is 24.8 Å². The van der Waals surface area contributed by atoms with E-state index in [9.17, 15) is 29.1 Å². The van der Waals surface area contributed by atoms with Crippen LogP contribution in [0.4, 0.5) is 4.79 Å². The molecular formula is C31H35N7O7P+. The number of rotatable bonds is 8. The van der Waals surface area contributed by atoms with Gasteiger partial charge in [0.15, 0.2) is 5.75 Å². The van der Waals surface area contributed by atoms with Crippen molar-refractivity contribution in [2.24, 2.45) is 7.05 Å². The number of aryl methyl sites for hydroxylation is 1. The minimum atomic E-state index is -4.50. The molecule has 0 spiro atoms. The molecule has 0 radical (unpaired) electrons. The lowest BCUT2D eigenvalue weighted by Gasteiger charge is -2.54. The number of hydrogen-bond acceptors (Lipinski definition) is 9. The van der Waals surface area contributed by atoms with Crippen LogP contribution in [0.1, 0.15) is 16.7 Å². The zero-order valence-corrected chi connectivity index (χ0v) is 26.2. The van der Waals surface area contributed by atoms with Gasteiger partial charge >= 0.3 is 14.2 Å². The van der Waals surface area contributed by atoms with Crippen molar-refractivity contribution in [3.05, 3.63) is 95.7 Å². The fourth-order valence-corrected chi connectivity index (χ4v) is 6.61. The highest BCUT2D eigenvalue weighted by atomic mass is 31.2. The van der Waals surface area contributed by atoms with Crippen molar-refractivity contribution in [2.45, 2.75) is 31.7 Å². The number of piperazine rings is 1. The minimum Gasteiger partial charge on any atom is -0.333 e. The number of likely N-dealkylation sites (N-methyl/N-ethyl adjacent to an activating group) is 1. The summed E-state index contributed by atoms with van der Waals surface area (Å²) < 4.78 is 6.53. The standard InChI is InChI=1S/C31H34N7O7P/c1-34-20-28(39)37-26(15-21-11-13-25(14-12-21)45-46(42,43)44)30(40)36(18-24-10-6-9-23-17-33-35(2)29(23)24)19-27(37)38(34)31(41)32-16-22-7-4-3-5-8-22/h3-14,17,26-27,42-44H,15-16,18-20H2,1-2H3/p+1/t26-,27-/m0/s1. The third-order valence-corrected chi connectivity index (χ3v) is 8.68. The number of urea groups is 1. The first-order valence-electron chi connectivity index (χ1n) is 14.7. The Balaban J connectivity index is 1.33. The van der Waals surface area contributed by atoms with Crippen LogP contribution in [-0.2, 0) is 36.1 Å². The van der Waals surface area contributed by atoms with Crippen molar-refractivity contribution in [1.82, 2.24) is 34.9 Å².